The summed E-state index contributed by atoms with van der Waals surface area (Å²) in [6.07, 6.45) is 2.98. The van der Waals surface area contributed by atoms with Gasteiger partial charge in [0.2, 0.25) is 15.9 Å². The van der Waals surface area contributed by atoms with E-state index < -0.39 is 15.9 Å². The fourth-order valence-corrected chi connectivity index (χ4v) is 4.60. The minimum Gasteiger partial charge on any atom is -0.376 e. The molecule has 0 saturated carbocycles. The number of carbonyl (C=O) groups excluding carboxylic acids is 2. The first-order valence-corrected chi connectivity index (χ1v) is 11.7. The van der Waals surface area contributed by atoms with Gasteiger partial charge in [0.05, 0.1) is 16.3 Å². The molecule has 2 rings (SSSR count). The van der Waals surface area contributed by atoms with Crippen LogP contribution in [0.15, 0.2) is 53.4 Å². The molecule has 32 heavy (non-hydrogen) atoms. The van der Waals surface area contributed by atoms with Crippen molar-refractivity contribution < 1.29 is 18.0 Å². The molecule has 0 heterocycles. The molecule has 2 aromatic carbocycles. The second-order valence-corrected chi connectivity index (χ2v) is 9.12. The zero-order valence-corrected chi connectivity index (χ0v) is 19.9. The molecule has 2 aromatic rings. The summed E-state index contributed by atoms with van der Waals surface area (Å²) in [5.41, 5.74) is 2.35. The predicted octanol–water partition coefficient (Wildman–Crippen LogP) is 2.79. The Kier molecular flexibility index (Phi) is 8.56. The minimum atomic E-state index is -3.66. The van der Waals surface area contributed by atoms with Crippen LogP contribution in [0.4, 0.5) is 11.4 Å². The molecule has 172 valence electrons. The summed E-state index contributed by atoms with van der Waals surface area (Å²) in [6.45, 7) is 4.28. The molecule has 0 spiro atoms. The third-order valence-electron chi connectivity index (χ3n) is 4.88. The Morgan fingerprint density at radius 1 is 1.00 bits per heavy atom. The van der Waals surface area contributed by atoms with Gasteiger partial charge in [-0.05, 0) is 42.0 Å². The first-order chi connectivity index (χ1) is 15.1. The van der Waals surface area contributed by atoms with Crippen LogP contribution in [-0.2, 0) is 14.8 Å². The van der Waals surface area contributed by atoms with Crippen molar-refractivity contribution >= 4 is 39.3 Å². The Labute approximate surface area is 190 Å². The van der Waals surface area contributed by atoms with Gasteiger partial charge in [-0.25, -0.2) is 8.42 Å². The van der Waals surface area contributed by atoms with Gasteiger partial charge in [-0.2, -0.15) is 4.31 Å². The zero-order valence-electron chi connectivity index (χ0n) is 19.0. The van der Waals surface area contributed by atoms with Crippen molar-refractivity contribution in [3.8, 4) is 0 Å². The van der Waals surface area contributed by atoms with Crippen LogP contribution in [0, 0.1) is 0 Å². The molecule has 0 bridgehead atoms. The van der Waals surface area contributed by atoms with E-state index in [1.165, 1.54) is 16.4 Å². The summed E-state index contributed by atoms with van der Waals surface area (Å²) in [7, 11) is 1.53. The SMILES string of the molecule is CCN(CC)S(=O)(=O)c1ccc(N(C)C)c(NC(=O)/C=C/c2ccc(C(=O)NC)cc2)c1. The van der Waals surface area contributed by atoms with Crippen LogP contribution in [0.5, 0.6) is 0 Å². The van der Waals surface area contributed by atoms with Gasteiger partial charge in [-0.3, -0.25) is 9.59 Å². The Balaban J connectivity index is 2.27. The average molecular weight is 459 g/mol. The highest BCUT2D eigenvalue weighted by Gasteiger charge is 2.23. The Hall–Kier alpha value is -3.17. The number of nitrogens with one attached hydrogen (secondary N) is 2. The molecule has 0 aliphatic heterocycles. The highest BCUT2D eigenvalue weighted by Crippen LogP contribution is 2.29. The van der Waals surface area contributed by atoms with Crippen LogP contribution in [0.2, 0.25) is 0 Å². The molecule has 2 N–H and O–H groups in total. The van der Waals surface area contributed by atoms with Crippen molar-refractivity contribution in [1.82, 2.24) is 9.62 Å². The van der Waals surface area contributed by atoms with Crippen molar-refractivity contribution in [2.24, 2.45) is 0 Å². The van der Waals surface area contributed by atoms with Crippen molar-refractivity contribution in [3.63, 3.8) is 0 Å². The average Bonchev–Trinajstić information content (AvgIpc) is 2.78. The highest BCUT2D eigenvalue weighted by atomic mass is 32.2. The topological polar surface area (TPSA) is 98.8 Å². The van der Waals surface area contributed by atoms with Gasteiger partial charge in [-0.1, -0.05) is 26.0 Å². The molecule has 0 saturated heterocycles. The lowest BCUT2D eigenvalue weighted by molar-refractivity contribution is -0.111. The number of sulfonamides is 1. The van der Waals surface area contributed by atoms with Crippen LogP contribution in [0.3, 0.4) is 0 Å². The quantitative estimate of drug-likeness (QED) is 0.563. The predicted molar refractivity (Wildman–Crippen MR) is 128 cm³/mol. The molecule has 0 fully saturated rings. The van der Waals surface area contributed by atoms with E-state index in [0.29, 0.717) is 30.0 Å². The minimum absolute atomic E-state index is 0.121. The number of anilines is 2. The van der Waals surface area contributed by atoms with Gasteiger partial charge < -0.3 is 15.5 Å². The van der Waals surface area contributed by atoms with E-state index >= 15 is 0 Å². The van der Waals surface area contributed by atoms with Gasteiger partial charge in [-0.15, -0.1) is 0 Å². The number of hydrogen-bond donors (Lipinski definition) is 2. The van der Waals surface area contributed by atoms with Gasteiger partial charge in [0.15, 0.2) is 0 Å². The van der Waals surface area contributed by atoms with Crippen LogP contribution < -0.4 is 15.5 Å². The van der Waals surface area contributed by atoms with Gasteiger partial charge in [0.1, 0.15) is 0 Å². The molecule has 0 aromatic heterocycles. The van der Waals surface area contributed by atoms with E-state index in [9.17, 15) is 18.0 Å². The number of carbonyl (C=O) groups is 2. The first-order valence-electron chi connectivity index (χ1n) is 10.3. The van der Waals surface area contributed by atoms with E-state index in [0.717, 1.165) is 5.56 Å². The number of amides is 2. The number of nitrogens with zero attached hydrogens (tertiary/aromatic N) is 2. The van der Waals surface area contributed by atoms with E-state index in [4.69, 9.17) is 0 Å². The third kappa shape index (κ3) is 5.95. The van der Waals surface area contributed by atoms with Crippen LogP contribution in [-0.4, -0.2) is 58.8 Å². The molecule has 0 aliphatic carbocycles. The fourth-order valence-electron chi connectivity index (χ4n) is 3.11. The summed E-state index contributed by atoms with van der Waals surface area (Å²) in [5.74, 6) is -0.588. The Morgan fingerprint density at radius 3 is 2.16 bits per heavy atom. The zero-order chi connectivity index (χ0) is 23.9. The monoisotopic (exact) mass is 458 g/mol. The van der Waals surface area contributed by atoms with E-state index in [-0.39, 0.29) is 10.8 Å². The normalized spacial score (nSPS) is 11.6. The lowest BCUT2D eigenvalue weighted by atomic mass is 10.1. The van der Waals surface area contributed by atoms with E-state index in [1.807, 2.05) is 14.1 Å². The van der Waals surface area contributed by atoms with Crippen molar-refractivity contribution in [2.45, 2.75) is 18.7 Å². The van der Waals surface area contributed by atoms with Gasteiger partial charge in [0, 0.05) is 45.9 Å². The summed E-state index contributed by atoms with van der Waals surface area (Å²) >= 11 is 0. The summed E-state index contributed by atoms with van der Waals surface area (Å²) in [5, 5.41) is 5.32. The maximum Gasteiger partial charge on any atom is 0.251 e. The maximum atomic E-state index is 12.9. The summed E-state index contributed by atoms with van der Waals surface area (Å²) < 4.78 is 27.1. The Morgan fingerprint density at radius 2 is 1.62 bits per heavy atom. The molecular formula is C23H30N4O4S. The van der Waals surface area contributed by atoms with Crippen molar-refractivity contribution in [1.29, 1.82) is 0 Å². The van der Waals surface area contributed by atoms with Crippen molar-refractivity contribution in [2.75, 3.05) is 44.4 Å². The van der Waals surface area contributed by atoms with Gasteiger partial charge in [0.25, 0.3) is 5.91 Å². The molecule has 8 nitrogen and oxygen atoms in total. The number of hydrogen-bond acceptors (Lipinski definition) is 5. The largest absolute Gasteiger partial charge is 0.376 e. The maximum absolute atomic E-state index is 12.9. The molecule has 0 atom stereocenters. The standard InChI is InChI=1S/C23H30N4O4S/c1-6-27(7-2)32(30,31)19-13-14-21(26(4)5)20(16-19)25-22(28)15-10-17-8-11-18(12-9-17)23(29)24-3/h8-16H,6-7H2,1-5H3,(H,24,29)(H,25,28)/b15-10+. The molecule has 0 radical (unpaired) electrons. The molecule has 9 heteroatoms. The molecular weight excluding hydrogens is 428 g/mol. The van der Waals surface area contributed by atoms with Crippen LogP contribution >= 0.6 is 0 Å². The van der Waals surface area contributed by atoms with Crippen LogP contribution in [0.1, 0.15) is 29.8 Å². The number of benzene rings is 2. The lowest BCUT2D eigenvalue weighted by Gasteiger charge is -2.22. The van der Waals surface area contributed by atoms with E-state index in [2.05, 4.69) is 10.6 Å². The lowest BCUT2D eigenvalue weighted by Crippen LogP contribution is -2.30. The van der Waals surface area contributed by atoms with Crippen LogP contribution in [0.25, 0.3) is 6.08 Å². The fraction of sp³-hybridized carbons (Fsp3) is 0.304. The smallest absolute Gasteiger partial charge is 0.251 e. The first kappa shape index (κ1) is 25.1. The summed E-state index contributed by atoms with van der Waals surface area (Å²) in [4.78, 5) is 26.1. The highest BCUT2D eigenvalue weighted by molar-refractivity contribution is 7.89. The second-order valence-electron chi connectivity index (χ2n) is 7.19. The summed E-state index contributed by atoms with van der Waals surface area (Å²) in [6, 6.07) is 11.5. The van der Waals surface area contributed by atoms with Crippen molar-refractivity contribution in [3.05, 3.63) is 59.7 Å². The molecule has 0 unspecified atom stereocenters. The number of rotatable bonds is 9. The van der Waals surface area contributed by atoms with Gasteiger partial charge >= 0.3 is 0 Å². The Bertz CT molecular complexity index is 1090. The van der Waals surface area contributed by atoms with E-state index in [1.54, 1.807) is 68.3 Å². The third-order valence-corrected chi connectivity index (χ3v) is 6.92. The molecule has 2 amide bonds. The second kappa shape index (κ2) is 10.9. The molecule has 0 aliphatic rings.